The SMILES string of the molecule is Cc1ccc(S(=O)(=O)N2CCOCC2)cc1C(=O)NC1CC2CCC1C2. The number of ether oxygens (including phenoxy) is 1. The van der Waals surface area contributed by atoms with E-state index in [-0.39, 0.29) is 16.8 Å². The minimum atomic E-state index is -3.60. The van der Waals surface area contributed by atoms with Gasteiger partial charge in [-0.1, -0.05) is 12.5 Å². The number of hydrogen-bond donors (Lipinski definition) is 1. The molecule has 0 radical (unpaired) electrons. The third-order valence-electron chi connectivity index (χ3n) is 6.12. The van der Waals surface area contributed by atoms with E-state index in [1.165, 1.54) is 29.6 Å². The smallest absolute Gasteiger partial charge is 0.251 e. The van der Waals surface area contributed by atoms with Crippen molar-refractivity contribution in [3.8, 4) is 0 Å². The van der Waals surface area contributed by atoms with Gasteiger partial charge in [0.05, 0.1) is 18.1 Å². The van der Waals surface area contributed by atoms with E-state index < -0.39 is 10.0 Å². The molecular formula is C19H26N2O4S. The molecule has 1 heterocycles. The van der Waals surface area contributed by atoms with Gasteiger partial charge in [-0.2, -0.15) is 4.31 Å². The first-order valence-electron chi connectivity index (χ1n) is 9.44. The zero-order valence-corrected chi connectivity index (χ0v) is 15.9. The summed E-state index contributed by atoms with van der Waals surface area (Å²) in [7, 11) is -3.60. The molecule has 1 aromatic rings. The van der Waals surface area contributed by atoms with Crippen LogP contribution in [0.3, 0.4) is 0 Å². The maximum Gasteiger partial charge on any atom is 0.251 e. The Hall–Kier alpha value is -1.44. The van der Waals surface area contributed by atoms with Crippen LogP contribution in [0.4, 0.5) is 0 Å². The highest BCUT2D eigenvalue weighted by atomic mass is 32.2. The van der Waals surface area contributed by atoms with Gasteiger partial charge in [-0.25, -0.2) is 8.42 Å². The zero-order valence-electron chi connectivity index (χ0n) is 15.1. The largest absolute Gasteiger partial charge is 0.379 e. The second-order valence-corrected chi connectivity index (χ2v) is 9.69. The van der Waals surface area contributed by atoms with E-state index >= 15 is 0 Å². The van der Waals surface area contributed by atoms with Crippen molar-refractivity contribution in [2.45, 2.75) is 43.5 Å². The lowest BCUT2D eigenvalue weighted by Crippen LogP contribution is -2.41. The molecule has 6 nitrogen and oxygen atoms in total. The Kier molecular flexibility index (Phi) is 4.79. The lowest BCUT2D eigenvalue weighted by molar-refractivity contribution is 0.0730. The van der Waals surface area contributed by atoms with Crippen molar-refractivity contribution < 1.29 is 17.9 Å². The zero-order chi connectivity index (χ0) is 18.3. The van der Waals surface area contributed by atoms with Crippen molar-refractivity contribution in [2.24, 2.45) is 11.8 Å². The molecule has 3 aliphatic rings. The van der Waals surface area contributed by atoms with Crippen molar-refractivity contribution >= 4 is 15.9 Å². The van der Waals surface area contributed by atoms with Crippen LogP contribution in [-0.2, 0) is 14.8 Å². The predicted octanol–water partition coefficient (Wildman–Crippen LogP) is 1.93. The number of carbonyl (C=O) groups excluding carboxylic acids is 1. The number of rotatable bonds is 4. The molecule has 2 bridgehead atoms. The van der Waals surface area contributed by atoms with Crippen LogP contribution in [0, 0.1) is 18.8 Å². The molecule has 3 fully saturated rings. The highest BCUT2D eigenvalue weighted by Crippen LogP contribution is 2.44. The normalized spacial score (nSPS) is 29.0. The van der Waals surface area contributed by atoms with Gasteiger partial charge in [0.2, 0.25) is 10.0 Å². The fourth-order valence-electron chi connectivity index (χ4n) is 4.61. The van der Waals surface area contributed by atoms with Gasteiger partial charge in [-0.15, -0.1) is 0 Å². The van der Waals surface area contributed by atoms with Crippen LogP contribution in [0.1, 0.15) is 41.6 Å². The maximum atomic E-state index is 12.9. The van der Waals surface area contributed by atoms with Gasteiger partial charge in [-0.05, 0) is 55.7 Å². The van der Waals surface area contributed by atoms with Gasteiger partial charge >= 0.3 is 0 Å². The first-order valence-corrected chi connectivity index (χ1v) is 10.9. The third-order valence-corrected chi connectivity index (χ3v) is 8.01. The Morgan fingerprint density at radius 2 is 1.96 bits per heavy atom. The first kappa shape index (κ1) is 17.9. The van der Waals surface area contributed by atoms with Crippen molar-refractivity contribution in [1.82, 2.24) is 9.62 Å². The molecule has 4 rings (SSSR count). The highest BCUT2D eigenvalue weighted by Gasteiger charge is 2.40. The molecule has 1 aliphatic heterocycles. The van der Waals surface area contributed by atoms with Crippen LogP contribution in [0.2, 0.25) is 0 Å². The Balaban J connectivity index is 1.55. The van der Waals surface area contributed by atoms with E-state index in [1.807, 2.05) is 6.92 Å². The standard InChI is InChI=1S/C19H26N2O4S/c1-13-2-5-16(26(23,24)21-6-8-25-9-7-21)12-17(13)19(22)20-18-11-14-3-4-15(18)10-14/h2,5,12,14-15,18H,3-4,6-11H2,1H3,(H,20,22). The quantitative estimate of drug-likeness (QED) is 0.869. The number of nitrogens with one attached hydrogen (secondary N) is 1. The molecule has 2 saturated carbocycles. The molecular weight excluding hydrogens is 352 g/mol. The summed E-state index contributed by atoms with van der Waals surface area (Å²) >= 11 is 0. The number of benzene rings is 1. The summed E-state index contributed by atoms with van der Waals surface area (Å²) in [5.74, 6) is 1.18. The second-order valence-electron chi connectivity index (χ2n) is 7.75. The third kappa shape index (κ3) is 3.28. The molecule has 142 valence electrons. The van der Waals surface area contributed by atoms with E-state index in [9.17, 15) is 13.2 Å². The Morgan fingerprint density at radius 3 is 2.62 bits per heavy atom. The lowest BCUT2D eigenvalue weighted by Gasteiger charge is -2.26. The van der Waals surface area contributed by atoms with Gasteiger partial charge in [0.1, 0.15) is 0 Å². The number of morpholine rings is 1. The fraction of sp³-hybridized carbons (Fsp3) is 0.632. The molecule has 1 saturated heterocycles. The van der Waals surface area contributed by atoms with Crippen molar-refractivity contribution in [3.63, 3.8) is 0 Å². The minimum Gasteiger partial charge on any atom is -0.379 e. The molecule has 1 amide bonds. The van der Waals surface area contributed by atoms with Crippen LogP contribution in [-0.4, -0.2) is 51.0 Å². The van der Waals surface area contributed by atoms with Crippen LogP contribution < -0.4 is 5.32 Å². The molecule has 7 heteroatoms. The van der Waals surface area contributed by atoms with Crippen LogP contribution in [0.15, 0.2) is 23.1 Å². The molecule has 3 unspecified atom stereocenters. The number of hydrogen-bond acceptors (Lipinski definition) is 4. The number of amides is 1. The summed E-state index contributed by atoms with van der Waals surface area (Å²) in [6, 6.07) is 5.08. The number of carbonyl (C=O) groups is 1. The van der Waals surface area contributed by atoms with Crippen LogP contribution in [0.25, 0.3) is 0 Å². The predicted molar refractivity (Wildman–Crippen MR) is 97.5 cm³/mol. The minimum absolute atomic E-state index is 0.154. The topological polar surface area (TPSA) is 75.7 Å². The van der Waals surface area contributed by atoms with Crippen LogP contribution in [0.5, 0.6) is 0 Å². The lowest BCUT2D eigenvalue weighted by atomic mass is 9.95. The maximum absolute atomic E-state index is 12.9. The molecule has 3 atom stereocenters. The summed E-state index contributed by atoms with van der Waals surface area (Å²) in [5, 5.41) is 3.16. The molecule has 0 spiro atoms. The van der Waals surface area contributed by atoms with Gasteiger partial charge in [-0.3, -0.25) is 4.79 Å². The number of sulfonamides is 1. The molecule has 0 aromatic heterocycles. The number of fused-ring (bicyclic) bond motifs is 2. The number of nitrogens with zero attached hydrogens (tertiary/aromatic N) is 1. The Morgan fingerprint density at radius 1 is 1.19 bits per heavy atom. The summed E-state index contributed by atoms with van der Waals surface area (Å²) in [5.41, 5.74) is 1.26. The molecule has 26 heavy (non-hydrogen) atoms. The molecule has 1 aromatic carbocycles. The summed E-state index contributed by atoms with van der Waals surface area (Å²) in [6.45, 7) is 3.36. The molecule has 2 aliphatic carbocycles. The average molecular weight is 378 g/mol. The highest BCUT2D eigenvalue weighted by molar-refractivity contribution is 7.89. The summed E-state index contributed by atoms with van der Waals surface area (Å²) in [4.78, 5) is 13.0. The van der Waals surface area contributed by atoms with E-state index in [4.69, 9.17) is 4.74 Å². The van der Waals surface area contributed by atoms with Gasteiger partial charge < -0.3 is 10.1 Å². The van der Waals surface area contributed by atoms with E-state index in [0.29, 0.717) is 37.8 Å². The number of aryl methyl sites for hydroxylation is 1. The Labute approximate surface area is 155 Å². The Bertz CT molecular complexity index is 802. The second kappa shape index (κ2) is 6.94. The fourth-order valence-corrected chi connectivity index (χ4v) is 6.04. The first-order chi connectivity index (χ1) is 12.4. The monoisotopic (exact) mass is 378 g/mol. The van der Waals surface area contributed by atoms with Gasteiger partial charge in [0, 0.05) is 24.7 Å². The van der Waals surface area contributed by atoms with E-state index in [0.717, 1.165) is 17.9 Å². The van der Waals surface area contributed by atoms with E-state index in [2.05, 4.69) is 5.32 Å². The van der Waals surface area contributed by atoms with Crippen LogP contribution >= 0.6 is 0 Å². The van der Waals surface area contributed by atoms with Crippen molar-refractivity contribution in [1.29, 1.82) is 0 Å². The van der Waals surface area contributed by atoms with Crippen molar-refractivity contribution in [2.75, 3.05) is 26.3 Å². The molecule has 1 N–H and O–H groups in total. The summed E-state index contributed by atoms with van der Waals surface area (Å²) in [6.07, 6.45) is 4.75. The van der Waals surface area contributed by atoms with Gasteiger partial charge in [0.25, 0.3) is 5.91 Å². The van der Waals surface area contributed by atoms with Crippen molar-refractivity contribution in [3.05, 3.63) is 29.3 Å². The van der Waals surface area contributed by atoms with E-state index in [1.54, 1.807) is 12.1 Å². The van der Waals surface area contributed by atoms with Gasteiger partial charge in [0.15, 0.2) is 0 Å². The summed E-state index contributed by atoms with van der Waals surface area (Å²) < 4.78 is 32.4. The average Bonchev–Trinajstić information content (AvgIpc) is 3.25.